The predicted octanol–water partition coefficient (Wildman–Crippen LogP) is 1.02. The van der Waals surface area contributed by atoms with Crippen LogP contribution in [0.2, 0.25) is 5.02 Å². The third kappa shape index (κ3) is 1.66. The van der Waals surface area contributed by atoms with Crippen molar-refractivity contribution in [1.82, 2.24) is 9.55 Å². The van der Waals surface area contributed by atoms with E-state index in [2.05, 4.69) is 4.98 Å². The molecule has 0 aliphatic heterocycles. The summed E-state index contributed by atoms with van der Waals surface area (Å²) in [5.74, 6) is 0. The fourth-order valence-corrected chi connectivity index (χ4v) is 1.90. The number of nitrogens with one attached hydrogen (secondary N) is 1. The highest BCUT2D eigenvalue weighted by molar-refractivity contribution is 6.32. The lowest BCUT2D eigenvalue weighted by Gasteiger charge is -2.03. The Morgan fingerprint density at radius 3 is 2.93 bits per heavy atom. The van der Waals surface area contributed by atoms with E-state index in [-0.39, 0.29) is 5.69 Å². The summed E-state index contributed by atoms with van der Waals surface area (Å²) in [5, 5.41) is 0.648. The van der Waals surface area contributed by atoms with Gasteiger partial charge in [0.15, 0.2) is 0 Å². The number of hydrogen-bond donors (Lipinski definition) is 2. The summed E-state index contributed by atoms with van der Waals surface area (Å²) < 4.78 is 1.56. The van der Waals surface area contributed by atoms with Gasteiger partial charge >= 0.3 is 5.69 Å². The zero-order chi connectivity index (χ0) is 11.0. The topological polar surface area (TPSA) is 63.8 Å². The van der Waals surface area contributed by atoms with Crippen molar-refractivity contribution in [2.45, 2.75) is 6.42 Å². The summed E-state index contributed by atoms with van der Waals surface area (Å²) in [6.45, 7) is 0.545. The fraction of sp³-hybridized carbons (Fsp3) is 0.300. The first-order valence-electron chi connectivity index (χ1n) is 4.70. The second kappa shape index (κ2) is 3.72. The average Bonchev–Trinajstić information content (AvgIpc) is 2.45. The zero-order valence-corrected chi connectivity index (χ0v) is 9.14. The maximum absolute atomic E-state index is 11.4. The zero-order valence-electron chi connectivity index (χ0n) is 8.38. The highest BCUT2D eigenvalue weighted by Gasteiger charge is 2.07. The number of hydrogen-bond acceptors (Lipinski definition) is 2. The number of halogens is 1. The van der Waals surface area contributed by atoms with Gasteiger partial charge < -0.3 is 10.7 Å². The number of benzene rings is 1. The van der Waals surface area contributed by atoms with Gasteiger partial charge in [-0.3, -0.25) is 4.57 Å². The molecule has 0 saturated heterocycles. The molecule has 0 spiro atoms. The smallest absolute Gasteiger partial charge is 0.326 e. The molecule has 1 aromatic heterocycles. The van der Waals surface area contributed by atoms with E-state index in [1.165, 1.54) is 0 Å². The van der Waals surface area contributed by atoms with Crippen molar-refractivity contribution >= 4 is 22.6 Å². The van der Waals surface area contributed by atoms with Gasteiger partial charge in [0, 0.05) is 12.1 Å². The summed E-state index contributed by atoms with van der Waals surface area (Å²) in [6, 6.07) is 3.67. The molecule has 1 aromatic carbocycles. The average molecular weight is 226 g/mol. The van der Waals surface area contributed by atoms with Crippen LogP contribution < -0.4 is 11.4 Å². The molecule has 0 aliphatic rings. The molecule has 3 N–H and O–H groups in total. The van der Waals surface area contributed by atoms with Gasteiger partial charge in [-0.25, -0.2) is 4.79 Å². The number of rotatable bonds is 2. The van der Waals surface area contributed by atoms with Crippen LogP contribution in [-0.2, 0) is 13.5 Å². The molecule has 0 atom stereocenters. The van der Waals surface area contributed by atoms with Crippen LogP contribution in [0.15, 0.2) is 16.9 Å². The Morgan fingerprint density at radius 2 is 2.27 bits per heavy atom. The minimum Gasteiger partial charge on any atom is -0.330 e. The summed E-state index contributed by atoms with van der Waals surface area (Å²) in [4.78, 5) is 14.1. The van der Waals surface area contributed by atoms with Crippen molar-refractivity contribution in [2.75, 3.05) is 6.54 Å². The van der Waals surface area contributed by atoms with Gasteiger partial charge in [0.2, 0.25) is 0 Å². The Bertz CT molecular complexity index is 556. The highest BCUT2D eigenvalue weighted by Crippen LogP contribution is 2.22. The highest BCUT2D eigenvalue weighted by atomic mass is 35.5. The number of nitrogens with zero attached hydrogens (tertiary/aromatic N) is 1. The minimum atomic E-state index is -0.133. The molecule has 5 heteroatoms. The van der Waals surface area contributed by atoms with Gasteiger partial charge in [-0.1, -0.05) is 11.6 Å². The van der Waals surface area contributed by atoms with Gasteiger partial charge in [0.1, 0.15) is 0 Å². The number of imidazole rings is 1. The molecule has 2 aromatic rings. The van der Waals surface area contributed by atoms with Crippen molar-refractivity contribution in [3.05, 3.63) is 33.2 Å². The Kier molecular flexibility index (Phi) is 2.54. The molecule has 4 nitrogen and oxygen atoms in total. The van der Waals surface area contributed by atoms with Crippen molar-refractivity contribution in [3.8, 4) is 0 Å². The van der Waals surface area contributed by atoms with Crippen molar-refractivity contribution < 1.29 is 0 Å². The number of nitrogens with two attached hydrogens (primary N) is 1. The summed E-state index contributed by atoms with van der Waals surface area (Å²) in [7, 11) is 1.72. The molecule has 0 fully saturated rings. The van der Waals surface area contributed by atoms with E-state index in [4.69, 9.17) is 17.3 Å². The lowest BCUT2D eigenvalue weighted by atomic mass is 10.1. The van der Waals surface area contributed by atoms with E-state index in [1.54, 1.807) is 17.7 Å². The second-order valence-electron chi connectivity index (χ2n) is 3.49. The van der Waals surface area contributed by atoms with Gasteiger partial charge in [-0.2, -0.15) is 0 Å². The standard InChI is InChI=1S/C10H12ClN3O/c1-14-9-4-6(2-3-12)7(11)5-8(9)13-10(14)15/h4-5H,2-3,12H2,1H3,(H,13,15). The van der Waals surface area contributed by atoms with Crippen molar-refractivity contribution in [2.24, 2.45) is 12.8 Å². The largest absolute Gasteiger partial charge is 0.330 e. The molecule has 0 aliphatic carbocycles. The lowest BCUT2D eigenvalue weighted by Crippen LogP contribution is -2.11. The molecule has 80 valence electrons. The van der Waals surface area contributed by atoms with Crippen molar-refractivity contribution in [3.63, 3.8) is 0 Å². The lowest BCUT2D eigenvalue weighted by molar-refractivity contribution is 0.889. The number of aryl methyl sites for hydroxylation is 1. The van der Waals surface area contributed by atoms with Crippen LogP contribution >= 0.6 is 11.6 Å². The molecule has 0 radical (unpaired) electrons. The summed E-state index contributed by atoms with van der Waals surface area (Å²) in [5.41, 5.74) is 7.93. The third-order valence-corrected chi connectivity index (χ3v) is 2.84. The number of fused-ring (bicyclic) bond motifs is 1. The molecular formula is C10H12ClN3O. The monoisotopic (exact) mass is 225 g/mol. The molecule has 1 heterocycles. The second-order valence-corrected chi connectivity index (χ2v) is 3.90. The van der Waals surface area contributed by atoms with E-state index in [1.807, 2.05) is 6.07 Å². The van der Waals surface area contributed by atoms with Crippen molar-refractivity contribution in [1.29, 1.82) is 0 Å². The number of H-pyrrole nitrogens is 1. The Morgan fingerprint density at radius 1 is 1.53 bits per heavy atom. The normalized spacial score (nSPS) is 11.1. The fourth-order valence-electron chi connectivity index (χ4n) is 1.64. The summed E-state index contributed by atoms with van der Waals surface area (Å²) in [6.07, 6.45) is 0.716. The Balaban J connectivity index is 2.71. The van der Waals surface area contributed by atoms with E-state index in [0.717, 1.165) is 16.6 Å². The number of aromatic nitrogens is 2. The van der Waals surface area contributed by atoms with Crippen LogP contribution in [0.25, 0.3) is 11.0 Å². The first-order chi connectivity index (χ1) is 7.13. The molecule has 0 bridgehead atoms. The van der Waals surface area contributed by atoms with Gasteiger partial charge in [-0.15, -0.1) is 0 Å². The molecule has 0 amide bonds. The van der Waals surface area contributed by atoms with Crippen LogP contribution in [0.5, 0.6) is 0 Å². The molecule has 0 saturated carbocycles. The van der Waals surface area contributed by atoms with E-state index in [9.17, 15) is 4.79 Å². The van der Waals surface area contributed by atoms with E-state index < -0.39 is 0 Å². The van der Waals surface area contributed by atoms with Gasteiger partial charge in [0.25, 0.3) is 0 Å². The van der Waals surface area contributed by atoms with Gasteiger partial charge in [0.05, 0.1) is 11.0 Å². The Hall–Kier alpha value is -1.26. The maximum atomic E-state index is 11.4. The molecule has 0 unspecified atom stereocenters. The predicted molar refractivity (Wildman–Crippen MR) is 61.3 cm³/mol. The quantitative estimate of drug-likeness (QED) is 0.802. The minimum absolute atomic E-state index is 0.133. The third-order valence-electron chi connectivity index (χ3n) is 2.49. The first kappa shape index (κ1) is 10.3. The molecular weight excluding hydrogens is 214 g/mol. The Labute approximate surface area is 91.7 Å². The van der Waals surface area contributed by atoms with E-state index >= 15 is 0 Å². The van der Waals surface area contributed by atoms with E-state index in [0.29, 0.717) is 18.0 Å². The van der Waals surface area contributed by atoms with Crippen LogP contribution in [0.4, 0.5) is 0 Å². The van der Waals surface area contributed by atoms with Crippen LogP contribution in [0, 0.1) is 0 Å². The van der Waals surface area contributed by atoms with Gasteiger partial charge in [-0.05, 0) is 30.7 Å². The maximum Gasteiger partial charge on any atom is 0.326 e. The molecule has 2 rings (SSSR count). The number of aromatic amines is 1. The molecule has 15 heavy (non-hydrogen) atoms. The van der Waals surface area contributed by atoms with Crippen LogP contribution in [0.1, 0.15) is 5.56 Å². The SMILES string of the molecule is Cn1c(=O)[nH]c2cc(Cl)c(CCN)cc21. The van der Waals surface area contributed by atoms with Crippen LogP contribution in [0.3, 0.4) is 0 Å². The van der Waals surface area contributed by atoms with Crippen LogP contribution in [-0.4, -0.2) is 16.1 Å². The first-order valence-corrected chi connectivity index (χ1v) is 5.08. The summed E-state index contributed by atoms with van der Waals surface area (Å²) >= 11 is 6.06.